The molecular weight excluding hydrogens is 358 g/mol. The number of halogens is 1. The number of ketones is 1. The molecule has 0 spiro atoms. The molecule has 148 valence electrons. The van der Waals surface area contributed by atoms with E-state index in [-0.39, 0.29) is 23.7 Å². The summed E-state index contributed by atoms with van der Waals surface area (Å²) >= 11 is 0. The lowest BCUT2D eigenvalue weighted by Gasteiger charge is -2.61. The summed E-state index contributed by atoms with van der Waals surface area (Å²) in [4.78, 5) is 15.7. The molecule has 1 saturated heterocycles. The fourth-order valence-electron chi connectivity index (χ4n) is 6.48. The van der Waals surface area contributed by atoms with E-state index in [0.717, 1.165) is 37.5 Å². The molecule has 5 atom stereocenters. The zero-order valence-corrected chi connectivity index (χ0v) is 17.6. The Kier molecular flexibility index (Phi) is 4.83. The lowest BCUT2D eigenvalue weighted by molar-refractivity contribution is -0.138. The van der Waals surface area contributed by atoms with E-state index in [4.69, 9.17) is 4.74 Å². The van der Waals surface area contributed by atoms with E-state index < -0.39 is 0 Å². The molecule has 3 fully saturated rings. The fourth-order valence-corrected chi connectivity index (χ4v) is 6.48. The van der Waals surface area contributed by atoms with Gasteiger partial charge >= 0.3 is 0 Å². The van der Waals surface area contributed by atoms with Gasteiger partial charge in [-0.3, -0.25) is 9.69 Å². The predicted octanol–water partition coefficient (Wildman–Crippen LogP) is 4.26. The third-order valence-corrected chi connectivity index (χ3v) is 8.19. The molecule has 1 aromatic carbocycles. The second-order valence-corrected chi connectivity index (χ2v) is 9.46. The van der Waals surface area contributed by atoms with Crippen LogP contribution < -0.4 is 4.74 Å². The van der Waals surface area contributed by atoms with Gasteiger partial charge in [-0.1, -0.05) is 19.9 Å². The number of nitrogens with zero attached hydrogens (tertiary/aromatic N) is 1. The maximum absolute atomic E-state index is 12.9. The minimum atomic E-state index is 0. The highest BCUT2D eigenvalue weighted by molar-refractivity contribution is 5.85. The molecule has 1 aliphatic heterocycles. The number of piperidine rings is 1. The van der Waals surface area contributed by atoms with Crippen LogP contribution in [0.3, 0.4) is 0 Å². The minimum Gasteiger partial charge on any atom is -0.497 e. The summed E-state index contributed by atoms with van der Waals surface area (Å²) in [5.74, 6) is 3.60. The lowest BCUT2D eigenvalue weighted by Crippen LogP contribution is -2.65. The highest BCUT2D eigenvalue weighted by atomic mass is 35.5. The maximum atomic E-state index is 12.9. The molecule has 1 aromatic rings. The summed E-state index contributed by atoms with van der Waals surface area (Å²) in [6, 6.07) is 7.24. The molecule has 2 saturated carbocycles. The van der Waals surface area contributed by atoms with E-state index in [9.17, 15) is 4.79 Å². The van der Waals surface area contributed by atoms with Crippen LogP contribution in [0.15, 0.2) is 18.2 Å². The topological polar surface area (TPSA) is 29.5 Å². The van der Waals surface area contributed by atoms with Crippen molar-refractivity contribution in [3.63, 3.8) is 0 Å². The predicted molar refractivity (Wildman–Crippen MR) is 110 cm³/mol. The highest BCUT2D eigenvalue weighted by Crippen LogP contribution is 2.58. The first-order valence-electron chi connectivity index (χ1n) is 10.5. The Morgan fingerprint density at radius 2 is 2.04 bits per heavy atom. The van der Waals surface area contributed by atoms with Gasteiger partial charge in [-0.15, -0.1) is 12.4 Å². The second kappa shape index (κ2) is 6.77. The number of benzene rings is 1. The van der Waals surface area contributed by atoms with Crippen LogP contribution in [0.25, 0.3) is 0 Å². The number of likely N-dealkylation sites (tertiary alicyclic amines) is 1. The van der Waals surface area contributed by atoms with Crippen molar-refractivity contribution in [2.75, 3.05) is 20.2 Å². The van der Waals surface area contributed by atoms with E-state index in [0.29, 0.717) is 23.7 Å². The van der Waals surface area contributed by atoms with Crippen molar-refractivity contribution in [3.8, 4) is 5.75 Å². The molecule has 0 N–H and O–H groups in total. The van der Waals surface area contributed by atoms with E-state index in [2.05, 4.69) is 36.9 Å². The monoisotopic (exact) mass is 389 g/mol. The Labute approximate surface area is 169 Å². The zero-order valence-electron chi connectivity index (χ0n) is 16.7. The number of hydrogen-bond donors (Lipinski definition) is 0. The first kappa shape index (κ1) is 19.3. The average molecular weight is 390 g/mol. The van der Waals surface area contributed by atoms with Crippen molar-refractivity contribution in [1.29, 1.82) is 0 Å². The van der Waals surface area contributed by atoms with Gasteiger partial charge in [-0.2, -0.15) is 0 Å². The van der Waals surface area contributed by atoms with Crippen molar-refractivity contribution >= 4 is 18.2 Å². The van der Waals surface area contributed by atoms with Gasteiger partial charge in [-0.25, -0.2) is 0 Å². The Hall–Kier alpha value is -1.06. The van der Waals surface area contributed by atoms with Crippen LogP contribution in [0, 0.1) is 23.7 Å². The first-order valence-corrected chi connectivity index (χ1v) is 10.5. The molecule has 0 aromatic heterocycles. The Balaban J connectivity index is 0.00000180. The summed E-state index contributed by atoms with van der Waals surface area (Å²) < 4.78 is 5.56. The Morgan fingerprint density at radius 1 is 1.26 bits per heavy atom. The summed E-state index contributed by atoms with van der Waals surface area (Å²) in [7, 11) is 1.75. The number of Topliss-reactive ketones (excluding diaryl/α,β-unsaturated/α-hetero) is 1. The van der Waals surface area contributed by atoms with Gasteiger partial charge in [-0.05, 0) is 73.2 Å². The normalized spacial score (nSPS) is 37.8. The van der Waals surface area contributed by atoms with Crippen LogP contribution >= 0.6 is 12.4 Å². The van der Waals surface area contributed by atoms with E-state index in [1.165, 1.54) is 30.5 Å². The quantitative estimate of drug-likeness (QED) is 0.773. The third-order valence-electron chi connectivity index (χ3n) is 8.19. The molecule has 3 nitrogen and oxygen atoms in total. The van der Waals surface area contributed by atoms with Gasteiger partial charge in [0.2, 0.25) is 0 Å². The van der Waals surface area contributed by atoms with Gasteiger partial charge < -0.3 is 4.74 Å². The standard InChI is InChI=1S/C23H31NO2.ClH/c1-14-15(2)22-20-10-17-6-7-18(26-3)11-19(17)23(22,12-21(14)25)8-9-24(20)13-16-4-5-16;/h6-7,11,14-16,20,22H,4-5,8-10,12-13H2,1-3H3;1H/t14-,15-,20+,22-,23+;/m0./s1. The zero-order chi connectivity index (χ0) is 18.1. The van der Waals surface area contributed by atoms with Crippen molar-refractivity contribution in [3.05, 3.63) is 29.3 Å². The fraction of sp³-hybridized carbons (Fsp3) is 0.696. The molecule has 4 aliphatic rings. The molecule has 0 amide bonds. The number of carbonyl (C=O) groups excluding carboxylic acids is 1. The van der Waals surface area contributed by atoms with Crippen LogP contribution in [-0.4, -0.2) is 36.9 Å². The third kappa shape index (κ3) is 2.84. The minimum absolute atomic E-state index is 0. The molecule has 5 rings (SSSR count). The number of rotatable bonds is 3. The van der Waals surface area contributed by atoms with E-state index in [1.807, 2.05) is 0 Å². The maximum Gasteiger partial charge on any atom is 0.136 e. The molecule has 3 aliphatic carbocycles. The van der Waals surface area contributed by atoms with Crippen molar-refractivity contribution in [1.82, 2.24) is 4.90 Å². The number of methoxy groups -OCH3 is 1. The molecule has 0 radical (unpaired) electrons. The number of ether oxygens (including phenoxy) is 1. The van der Waals surface area contributed by atoms with Gasteiger partial charge in [0.05, 0.1) is 7.11 Å². The van der Waals surface area contributed by atoms with Crippen LogP contribution in [0.2, 0.25) is 0 Å². The molecule has 4 heteroatoms. The van der Waals surface area contributed by atoms with Gasteiger partial charge in [0.15, 0.2) is 0 Å². The number of fused-ring (bicyclic) bond motifs is 1. The van der Waals surface area contributed by atoms with E-state index >= 15 is 0 Å². The van der Waals surface area contributed by atoms with Crippen LogP contribution in [0.4, 0.5) is 0 Å². The molecular formula is C23H32ClNO2. The molecule has 0 unspecified atom stereocenters. The first-order chi connectivity index (χ1) is 12.5. The summed E-state index contributed by atoms with van der Waals surface area (Å²) in [6.45, 7) is 6.95. The molecule has 1 heterocycles. The van der Waals surface area contributed by atoms with Crippen LogP contribution in [-0.2, 0) is 16.6 Å². The summed E-state index contributed by atoms with van der Waals surface area (Å²) in [6.07, 6.45) is 5.83. The van der Waals surface area contributed by atoms with Crippen molar-refractivity contribution in [2.24, 2.45) is 23.7 Å². The van der Waals surface area contributed by atoms with E-state index in [1.54, 1.807) is 7.11 Å². The van der Waals surface area contributed by atoms with Crippen LogP contribution in [0.5, 0.6) is 5.75 Å². The lowest BCUT2D eigenvalue weighted by atomic mass is 9.47. The largest absolute Gasteiger partial charge is 0.497 e. The van der Waals surface area contributed by atoms with Crippen molar-refractivity contribution < 1.29 is 9.53 Å². The number of hydrogen-bond acceptors (Lipinski definition) is 3. The highest BCUT2D eigenvalue weighted by Gasteiger charge is 2.59. The molecule has 2 bridgehead atoms. The average Bonchev–Trinajstić information content (AvgIpc) is 3.46. The van der Waals surface area contributed by atoms with Crippen LogP contribution in [0.1, 0.15) is 50.7 Å². The summed E-state index contributed by atoms with van der Waals surface area (Å²) in [5.41, 5.74) is 2.92. The smallest absolute Gasteiger partial charge is 0.136 e. The Morgan fingerprint density at radius 3 is 2.74 bits per heavy atom. The van der Waals surface area contributed by atoms with Gasteiger partial charge in [0.1, 0.15) is 11.5 Å². The summed E-state index contributed by atoms with van der Waals surface area (Å²) in [5, 5.41) is 0. The second-order valence-electron chi connectivity index (χ2n) is 9.46. The SMILES string of the molecule is COc1ccc2c(c1)[C@]13CCN(CC4CC4)[C@H](C2)[C@@H]1[C@@H](C)[C@H](C)C(=O)C3.Cl. The number of carbonyl (C=O) groups is 1. The van der Waals surface area contributed by atoms with Crippen molar-refractivity contribution in [2.45, 2.75) is 57.4 Å². The van der Waals surface area contributed by atoms with Gasteiger partial charge in [0.25, 0.3) is 0 Å². The van der Waals surface area contributed by atoms with Gasteiger partial charge in [0, 0.05) is 30.3 Å². The molecule has 27 heavy (non-hydrogen) atoms. The Bertz CT molecular complexity index is 746.